The Bertz CT molecular complexity index is 281. The van der Waals surface area contributed by atoms with E-state index in [4.69, 9.17) is 14.7 Å². The van der Waals surface area contributed by atoms with Crippen LogP contribution >= 0.6 is 0 Å². The van der Waals surface area contributed by atoms with E-state index in [9.17, 15) is 4.79 Å². The lowest BCUT2D eigenvalue weighted by Gasteiger charge is -2.21. The minimum absolute atomic E-state index is 0.154. The third-order valence-electron chi connectivity index (χ3n) is 1.59. The van der Waals surface area contributed by atoms with Gasteiger partial charge in [0, 0.05) is 5.41 Å². The molecule has 4 nitrogen and oxygen atoms in total. The summed E-state index contributed by atoms with van der Waals surface area (Å²) in [7, 11) is 0. The molecule has 0 amide bonds. The van der Waals surface area contributed by atoms with E-state index in [1.54, 1.807) is 6.92 Å². The first kappa shape index (κ1) is 13.5. The Morgan fingerprint density at radius 1 is 1.40 bits per heavy atom. The second-order valence-electron chi connectivity index (χ2n) is 3.98. The average Bonchev–Trinajstić information content (AvgIpc) is 2.10. The van der Waals surface area contributed by atoms with Gasteiger partial charge in [0.1, 0.15) is 5.76 Å². The maximum atomic E-state index is 11.0. The summed E-state index contributed by atoms with van der Waals surface area (Å²) in [5.41, 5.74) is -0.289. The molecule has 0 atom stereocenters. The lowest BCUT2D eigenvalue weighted by atomic mass is 9.93. The summed E-state index contributed by atoms with van der Waals surface area (Å²) in [5.74, 6) is 0.0589. The molecular formula is C11H17NO3. The Labute approximate surface area is 90.5 Å². The summed E-state index contributed by atoms with van der Waals surface area (Å²) < 4.78 is 9.93. The van der Waals surface area contributed by atoms with E-state index in [-0.39, 0.29) is 12.0 Å². The Kier molecular flexibility index (Phi) is 5.46. The van der Waals surface area contributed by atoms with Gasteiger partial charge in [-0.15, -0.1) is 0 Å². The van der Waals surface area contributed by atoms with Gasteiger partial charge in [0.15, 0.2) is 6.61 Å². The fourth-order valence-corrected chi connectivity index (χ4v) is 0.873. The molecule has 0 N–H and O–H groups in total. The molecular weight excluding hydrogens is 194 g/mol. The van der Waals surface area contributed by atoms with Crippen molar-refractivity contribution < 1.29 is 14.3 Å². The Balaban J connectivity index is 4.30. The van der Waals surface area contributed by atoms with Crippen LogP contribution in [0.5, 0.6) is 0 Å². The highest BCUT2D eigenvalue weighted by Gasteiger charge is 2.19. The van der Waals surface area contributed by atoms with Crippen molar-refractivity contribution >= 4 is 5.97 Å². The van der Waals surface area contributed by atoms with Crippen molar-refractivity contribution in [1.82, 2.24) is 0 Å². The highest BCUT2D eigenvalue weighted by atomic mass is 16.6. The molecule has 0 saturated heterocycles. The molecule has 0 aliphatic heterocycles. The van der Waals surface area contributed by atoms with Crippen LogP contribution in [0, 0.1) is 16.7 Å². The highest BCUT2D eigenvalue weighted by molar-refractivity contribution is 5.70. The summed E-state index contributed by atoms with van der Waals surface area (Å²) in [6.07, 6.45) is 1.30. The molecule has 0 rings (SSSR count). The lowest BCUT2D eigenvalue weighted by Crippen LogP contribution is -2.18. The number of hydrogen-bond acceptors (Lipinski definition) is 4. The molecule has 0 aromatic rings. The number of rotatable bonds is 4. The number of allylic oxidation sites excluding steroid dienone is 2. The smallest absolute Gasteiger partial charge is 0.344 e. The minimum Gasteiger partial charge on any atom is -0.485 e. The molecule has 0 aromatic heterocycles. The molecule has 84 valence electrons. The largest absolute Gasteiger partial charge is 0.485 e. The zero-order valence-electron chi connectivity index (χ0n) is 9.66. The third-order valence-corrected chi connectivity index (χ3v) is 1.59. The topological polar surface area (TPSA) is 59.3 Å². The summed E-state index contributed by atoms with van der Waals surface area (Å²) in [4.78, 5) is 11.0. The van der Waals surface area contributed by atoms with Crippen molar-refractivity contribution in [3.63, 3.8) is 0 Å². The van der Waals surface area contributed by atoms with Gasteiger partial charge in [-0.3, -0.25) is 0 Å². The van der Waals surface area contributed by atoms with E-state index < -0.39 is 5.97 Å². The normalized spacial score (nSPS) is 11.8. The Morgan fingerprint density at radius 3 is 2.40 bits per heavy atom. The second kappa shape index (κ2) is 6.07. The molecule has 0 bridgehead atoms. The highest BCUT2D eigenvalue weighted by Crippen LogP contribution is 2.25. The molecule has 0 aliphatic rings. The molecule has 0 aromatic carbocycles. The van der Waals surface area contributed by atoms with Gasteiger partial charge in [-0.05, 0) is 6.92 Å². The molecule has 4 heteroatoms. The van der Waals surface area contributed by atoms with Crippen molar-refractivity contribution in [2.45, 2.75) is 27.7 Å². The van der Waals surface area contributed by atoms with Crippen LogP contribution in [-0.4, -0.2) is 19.2 Å². The summed E-state index contributed by atoms with van der Waals surface area (Å²) >= 11 is 0. The van der Waals surface area contributed by atoms with E-state index >= 15 is 0 Å². The van der Waals surface area contributed by atoms with Gasteiger partial charge in [-0.2, -0.15) is 5.26 Å². The number of nitrogens with zero attached hydrogens (tertiary/aromatic N) is 1. The van der Waals surface area contributed by atoms with Gasteiger partial charge in [0.2, 0.25) is 0 Å². The molecule has 0 heterocycles. The molecule has 0 radical (unpaired) electrons. The lowest BCUT2D eigenvalue weighted by molar-refractivity contribution is -0.147. The molecule has 0 spiro atoms. The summed E-state index contributed by atoms with van der Waals surface area (Å²) in [5, 5.41) is 8.55. The summed E-state index contributed by atoms with van der Waals surface area (Å²) in [6, 6.07) is 1.89. The number of ether oxygens (including phenoxy) is 2. The van der Waals surface area contributed by atoms with Crippen LogP contribution in [-0.2, 0) is 14.3 Å². The Hall–Kier alpha value is -1.50. The van der Waals surface area contributed by atoms with Crippen LogP contribution in [0.1, 0.15) is 27.7 Å². The van der Waals surface area contributed by atoms with E-state index in [0.29, 0.717) is 12.4 Å². The van der Waals surface area contributed by atoms with Crippen molar-refractivity contribution in [2.24, 2.45) is 5.41 Å². The first-order chi connectivity index (χ1) is 6.91. The predicted octanol–water partition coefficient (Wildman–Crippen LogP) is 2.02. The van der Waals surface area contributed by atoms with E-state index in [0.717, 1.165) is 0 Å². The van der Waals surface area contributed by atoms with E-state index in [1.165, 1.54) is 6.08 Å². The molecule has 15 heavy (non-hydrogen) atoms. The first-order valence-electron chi connectivity index (χ1n) is 4.80. The standard InChI is InChI=1S/C11H17NO3/c1-5-14-10(13)8-15-9(6-7-12)11(2,3)4/h6H,5,8H2,1-4H3. The molecule has 0 unspecified atom stereocenters. The van der Waals surface area contributed by atoms with Gasteiger partial charge in [-0.25, -0.2) is 4.79 Å². The van der Waals surface area contributed by atoms with Gasteiger partial charge in [-0.1, -0.05) is 20.8 Å². The maximum Gasteiger partial charge on any atom is 0.344 e. The van der Waals surface area contributed by atoms with Crippen LogP contribution in [0.25, 0.3) is 0 Å². The van der Waals surface area contributed by atoms with Crippen LogP contribution in [0.15, 0.2) is 11.8 Å². The third kappa shape index (κ3) is 5.74. The fourth-order valence-electron chi connectivity index (χ4n) is 0.873. The van der Waals surface area contributed by atoms with Crippen molar-refractivity contribution in [3.05, 3.63) is 11.8 Å². The SMILES string of the molecule is CCOC(=O)COC(=CC#N)C(C)(C)C. The average molecular weight is 211 g/mol. The quantitative estimate of drug-likeness (QED) is 0.405. The van der Waals surface area contributed by atoms with E-state index in [2.05, 4.69) is 0 Å². The molecule has 0 aliphatic carbocycles. The van der Waals surface area contributed by atoms with Gasteiger partial charge < -0.3 is 9.47 Å². The van der Waals surface area contributed by atoms with Crippen LogP contribution in [0.3, 0.4) is 0 Å². The second-order valence-corrected chi connectivity index (χ2v) is 3.98. The van der Waals surface area contributed by atoms with Crippen LogP contribution < -0.4 is 0 Å². The monoisotopic (exact) mass is 211 g/mol. The summed E-state index contributed by atoms with van der Waals surface area (Å²) in [6.45, 7) is 7.62. The number of nitriles is 1. The van der Waals surface area contributed by atoms with Gasteiger partial charge in [0.25, 0.3) is 0 Å². The number of esters is 1. The van der Waals surface area contributed by atoms with E-state index in [1.807, 2.05) is 26.8 Å². The number of carbonyl (C=O) groups excluding carboxylic acids is 1. The molecule has 0 saturated carbocycles. The fraction of sp³-hybridized carbons (Fsp3) is 0.636. The predicted molar refractivity (Wildman–Crippen MR) is 55.7 cm³/mol. The number of carbonyl (C=O) groups is 1. The molecule has 0 fully saturated rings. The van der Waals surface area contributed by atoms with Crippen LogP contribution in [0.4, 0.5) is 0 Å². The number of hydrogen-bond donors (Lipinski definition) is 0. The van der Waals surface area contributed by atoms with Crippen molar-refractivity contribution in [2.75, 3.05) is 13.2 Å². The van der Waals surface area contributed by atoms with Crippen LogP contribution in [0.2, 0.25) is 0 Å². The van der Waals surface area contributed by atoms with Gasteiger partial charge in [0.05, 0.1) is 18.8 Å². The Morgan fingerprint density at radius 2 is 2.00 bits per heavy atom. The first-order valence-corrected chi connectivity index (χ1v) is 4.80. The van der Waals surface area contributed by atoms with Crippen molar-refractivity contribution in [3.8, 4) is 6.07 Å². The maximum absolute atomic E-state index is 11.0. The minimum atomic E-state index is -0.425. The van der Waals surface area contributed by atoms with Crippen molar-refractivity contribution in [1.29, 1.82) is 5.26 Å². The van der Waals surface area contributed by atoms with Gasteiger partial charge >= 0.3 is 5.97 Å². The zero-order chi connectivity index (χ0) is 11.9. The zero-order valence-corrected chi connectivity index (χ0v) is 9.66.